The van der Waals surface area contributed by atoms with Gasteiger partial charge in [0.15, 0.2) is 17.2 Å². The number of carbonyl (C=O) groups is 1. The number of piperazine rings is 1. The van der Waals surface area contributed by atoms with Crippen molar-refractivity contribution in [2.45, 2.75) is 18.8 Å². The van der Waals surface area contributed by atoms with Crippen LogP contribution >= 0.6 is 0 Å². The molecule has 1 aromatic carbocycles. The number of hydrogen-bond acceptors (Lipinski definition) is 7. The second-order valence-corrected chi connectivity index (χ2v) is 8.48. The molecule has 4 aromatic rings. The lowest BCUT2D eigenvalue weighted by Gasteiger charge is -2.35. The molecular weight excluding hydrogens is 420 g/mol. The Morgan fingerprint density at radius 3 is 2.61 bits per heavy atom. The second-order valence-electron chi connectivity index (χ2n) is 8.48. The fourth-order valence-electron chi connectivity index (χ4n) is 4.34. The number of fused-ring (bicyclic) bond motifs is 1. The highest BCUT2D eigenvalue weighted by Gasteiger charge is 2.31. The first-order valence-electron chi connectivity index (χ1n) is 11.2. The van der Waals surface area contributed by atoms with Crippen molar-refractivity contribution in [3.05, 3.63) is 60.4 Å². The zero-order valence-corrected chi connectivity index (χ0v) is 18.3. The van der Waals surface area contributed by atoms with Crippen LogP contribution in [0.25, 0.3) is 16.9 Å². The maximum atomic E-state index is 12.9. The van der Waals surface area contributed by atoms with Gasteiger partial charge in [0, 0.05) is 56.1 Å². The van der Waals surface area contributed by atoms with Crippen molar-refractivity contribution in [3.8, 4) is 17.0 Å². The van der Waals surface area contributed by atoms with Gasteiger partial charge in [0.2, 0.25) is 0 Å². The van der Waals surface area contributed by atoms with E-state index in [0.717, 1.165) is 47.1 Å². The Hall–Kier alpha value is -3.88. The first-order chi connectivity index (χ1) is 16.2. The molecule has 1 saturated carbocycles. The number of aromatic nitrogens is 4. The highest BCUT2D eigenvalue weighted by Crippen LogP contribution is 2.40. The topological polar surface area (TPSA) is 89.0 Å². The van der Waals surface area contributed by atoms with Crippen molar-refractivity contribution in [2.24, 2.45) is 0 Å². The van der Waals surface area contributed by atoms with Gasteiger partial charge in [0.05, 0.1) is 19.0 Å². The summed E-state index contributed by atoms with van der Waals surface area (Å²) < 4.78 is 12.7. The van der Waals surface area contributed by atoms with Gasteiger partial charge < -0.3 is 19.1 Å². The molecular formula is C24H24N6O3. The molecule has 1 amide bonds. The molecule has 1 aliphatic carbocycles. The maximum Gasteiger partial charge on any atom is 0.276 e. The molecule has 2 fully saturated rings. The summed E-state index contributed by atoms with van der Waals surface area (Å²) in [6.07, 6.45) is 7.84. The summed E-state index contributed by atoms with van der Waals surface area (Å²) in [6, 6.07) is 9.70. The van der Waals surface area contributed by atoms with Crippen LogP contribution in [-0.2, 0) is 0 Å². The van der Waals surface area contributed by atoms with Crippen LogP contribution in [0.4, 0.5) is 5.82 Å². The molecule has 0 atom stereocenters. The summed E-state index contributed by atoms with van der Waals surface area (Å²) >= 11 is 0. The standard InChI is InChI=1S/C24H24N6O3/c1-32-18-6-4-16(5-7-18)20-15-26-22(23-25-8-9-30(20)23)28-10-12-29(13-11-28)24(31)19-14-21(33-27-19)17-2-3-17/h4-9,14-15,17H,2-3,10-13H2,1H3. The van der Waals surface area contributed by atoms with E-state index >= 15 is 0 Å². The number of carbonyl (C=O) groups excluding carboxylic acids is 1. The van der Waals surface area contributed by atoms with E-state index in [2.05, 4.69) is 19.4 Å². The van der Waals surface area contributed by atoms with E-state index in [1.54, 1.807) is 19.4 Å². The molecule has 0 unspecified atom stereocenters. The SMILES string of the molecule is COc1ccc(-c2cnc(N3CCN(C(=O)c4cc(C5CC5)on4)CC3)c3nccn23)cc1. The Labute approximate surface area is 190 Å². The maximum absolute atomic E-state index is 12.9. The molecule has 1 saturated heterocycles. The molecule has 2 aliphatic rings. The molecule has 4 heterocycles. The first kappa shape index (κ1) is 19.8. The lowest BCUT2D eigenvalue weighted by molar-refractivity contribution is 0.0736. The second kappa shape index (κ2) is 7.91. The lowest BCUT2D eigenvalue weighted by Crippen LogP contribution is -2.49. The Morgan fingerprint density at radius 1 is 1.09 bits per heavy atom. The molecule has 1 aliphatic heterocycles. The number of nitrogens with zero attached hydrogens (tertiary/aromatic N) is 6. The van der Waals surface area contributed by atoms with Crippen LogP contribution in [0, 0.1) is 0 Å². The molecule has 0 radical (unpaired) electrons. The predicted molar refractivity (Wildman–Crippen MR) is 122 cm³/mol. The van der Waals surface area contributed by atoms with Gasteiger partial charge in [-0.3, -0.25) is 9.20 Å². The average Bonchev–Trinajstić information content (AvgIpc) is 3.39. The van der Waals surface area contributed by atoms with E-state index in [4.69, 9.17) is 14.2 Å². The molecule has 33 heavy (non-hydrogen) atoms. The van der Waals surface area contributed by atoms with E-state index in [1.165, 1.54) is 0 Å². The van der Waals surface area contributed by atoms with Crippen LogP contribution in [0.3, 0.4) is 0 Å². The Kier molecular flexibility index (Phi) is 4.74. The van der Waals surface area contributed by atoms with Crippen LogP contribution in [0.5, 0.6) is 5.75 Å². The number of amides is 1. The summed E-state index contributed by atoms with van der Waals surface area (Å²) in [5.41, 5.74) is 3.20. The third-order valence-electron chi connectivity index (χ3n) is 6.39. The number of methoxy groups -OCH3 is 1. The van der Waals surface area contributed by atoms with Gasteiger partial charge in [-0.25, -0.2) is 9.97 Å². The lowest BCUT2D eigenvalue weighted by atomic mass is 10.1. The quantitative estimate of drug-likeness (QED) is 0.467. The summed E-state index contributed by atoms with van der Waals surface area (Å²) in [4.78, 5) is 26.2. The van der Waals surface area contributed by atoms with E-state index in [9.17, 15) is 4.79 Å². The van der Waals surface area contributed by atoms with Crippen molar-refractivity contribution in [3.63, 3.8) is 0 Å². The van der Waals surface area contributed by atoms with Crippen molar-refractivity contribution in [2.75, 3.05) is 38.2 Å². The van der Waals surface area contributed by atoms with Crippen LogP contribution < -0.4 is 9.64 Å². The minimum atomic E-state index is -0.0703. The van der Waals surface area contributed by atoms with Gasteiger partial charge in [-0.05, 0) is 37.1 Å². The van der Waals surface area contributed by atoms with Gasteiger partial charge in [-0.2, -0.15) is 0 Å². The Bertz CT molecular complexity index is 1300. The molecule has 3 aromatic heterocycles. The molecule has 0 N–H and O–H groups in total. The number of anilines is 1. The van der Waals surface area contributed by atoms with Crippen LogP contribution in [0.1, 0.15) is 35.0 Å². The summed E-state index contributed by atoms with van der Waals surface area (Å²) in [5, 5.41) is 4.00. The highest BCUT2D eigenvalue weighted by molar-refractivity contribution is 5.92. The van der Waals surface area contributed by atoms with Crippen LogP contribution in [0.2, 0.25) is 0 Å². The fourth-order valence-corrected chi connectivity index (χ4v) is 4.34. The number of hydrogen-bond donors (Lipinski definition) is 0. The van der Waals surface area contributed by atoms with Gasteiger partial charge in [-0.15, -0.1) is 0 Å². The van der Waals surface area contributed by atoms with Crippen molar-refractivity contribution < 1.29 is 14.1 Å². The zero-order valence-electron chi connectivity index (χ0n) is 18.3. The van der Waals surface area contributed by atoms with Crippen molar-refractivity contribution in [1.82, 2.24) is 24.4 Å². The monoisotopic (exact) mass is 444 g/mol. The van der Waals surface area contributed by atoms with Gasteiger partial charge in [0.25, 0.3) is 5.91 Å². The highest BCUT2D eigenvalue weighted by atomic mass is 16.5. The Morgan fingerprint density at radius 2 is 1.88 bits per heavy atom. The molecule has 0 spiro atoms. The average molecular weight is 444 g/mol. The van der Waals surface area contributed by atoms with Crippen molar-refractivity contribution in [1.29, 1.82) is 0 Å². The zero-order chi connectivity index (χ0) is 22.4. The van der Waals surface area contributed by atoms with Crippen LogP contribution in [-0.4, -0.2) is 63.6 Å². The largest absolute Gasteiger partial charge is 0.497 e. The summed E-state index contributed by atoms with van der Waals surface area (Å²) in [7, 11) is 1.66. The van der Waals surface area contributed by atoms with E-state index in [0.29, 0.717) is 37.8 Å². The minimum Gasteiger partial charge on any atom is -0.497 e. The Balaban J connectivity index is 1.19. The van der Waals surface area contributed by atoms with E-state index in [-0.39, 0.29) is 5.91 Å². The molecule has 168 valence electrons. The van der Waals surface area contributed by atoms with E-state index < -0.39 is 0 Å². The number of rotatable bonds is 5. The molecule has 0 bridgehead atoms. The number of benzene rings is 1. The van der Waals surface area contributed by atoms with E-state index in [1.807, 2.05) is 41.6 Å². The molecule has 6 rings (SSSR count). The molecule has 9 nitrogen and oxygen atoms in total. The third-order valence-corrected chi connectivity index (χ3v) is 6.39. The normalized spacial score (nSPS) is 16.4. The fraction of sp³-hybridized carbons (Fsp3) is 0.333. The first-order valence-corrected chi connectivity index (χ1v) is 11.2. The number of imidazole rings is 1. The van der Waals surface area contributed by atoms with Gasteiger partial charge in [0.1, 0.15) is 11.5 Å². The van der Waals surface area contributed by atoms with Gasteiger partial charge in [-0.1, -0.05) is 5.16 Å². The minimum absolute atomic E-state index is 0.0703. The predicted octanol–water partition coefficient (Wildman–Crippen LogP) is 3.23. The number of ether oxygens (including phenoxy) is 1. The summed E-state index contributed by atoms with van der Waals surface area (Å²) in [5.74, 6) is 2.84. The van der Waals surface area contributed by atoms with Crippen LogP contribution in [0.15, 0.2) is 53.4 Å². The summed E-state index contributed by atoms with van der Waals surface area (Å²) in [6.45, 7) is 2.55. The smallest absolute Gasteiger partial charge is 0.276 e. The van der Waals surface area contributed by atoms with Gasteiger partial charge >= 0.3 is 0 Å². The molecule has 9 heteroatoms. The van der Waals surface area contributed by atoms with Crippen molar-refractivity contribution >= 4 is 17.4 Å². The third kappa shape index (κ3) is 3.59.